The first-order valence-corrected chi connectivity index (χ1v) is 26.4. The highest BCUT2D eigenvalue weighted by atomic mass is 28.4. The molecular weight excluding hydrogens is 565 g/mol. The fraction of sp³-hybridized carbons (Fsp3) is 0.774. The molecule has 0 atom stereocenters. The van der Waals surface area contributed by atoms with E-state index in [2.05, 4.69) is 135 Å². The maximum absolute atomic E-state index is 14.2. The number of carbonyl (C=O) groups excluding carboxylic acids is 1. The van der Waals surface area contributed by atoms with Crippen LogP contribution in [0.15, 0.2) is 12.1 Å². The molecule has 0 bridgehead atoms. The van der Waals surface area contributed by atoms with Gasteiger partial charge in [-0.05, 0) is 72.5 Å². The fourth-order valence-corrected chi connectivity index (χ4v) is 6.65. The van der Waals surface area contributed by atoms with Crippen LogP contribution >= 0.6 is 0 Å². The molecule has 40 heavy (non-hydrogen) atoms. The predicted molar refractivity (Wildman–Crippen MR) is 183 cm³/mol. The van der Waals surface area contributed by atoms with Gasteiger partial charge in [0.1, 0.15) is 22.8 Å². The van der Waals surface area contributed by atoms with Gasteiger partial charge in [-0.2, -0.15) is 0 Å². The molecule has 5 nitrogen and oxygen atoms in total. The smallest absolute Gasteiger partial charge is 0.332 e. The van der Waals surface area contributed by atoms with E-state index in [9.17, 15) is 4.79 Å². The van der Waals surface area contributed by atoms with Crippen molar-refractivity contribution in [3.63, 3.8) is 0 Å². The summed E-state index contributed by atoms with van der Waals surface area (Å²) in [7, 11) is -9.29. The quantitative estimate of drug-likeness (QED) is 0.269. The zero-order valence-corrected chi connectivity index (χ0v) is 33.7. The van der Waals surface area contributed by atoms with E-state index < -0.39 is 33.3 Å². The molecule has 0 saturated carbocycles. The topological polar surface area (TPSA) is 54.0 Å². The molecule has 1 aromatic carbocycles. The van der Waals surface area contributed by atoms with Crippen molar-refractivity contribution in [2.45, 2.75) is 156 Å². The molecule has 0 N–H and O–H groups in total. The minimum absolute atomic E-state index is 0.00777. The molecule has 0 aliphatic heterocycles. The minimum Gasteiger partial charge on any atom is -0.543 e. The van der Waals surface area contributed by atoms with Crippen LogP contribution in [-0.4, -0.2) is 39.2 Å². The Hall–Kier alpha value is -1.04. The molecule has 0 saturated heterocycles. The molecule has 1 aromatic rings. The van der Waals surface area contributed by atoms with Gasteiger partial charge in [0.15, 0.2) is 0 Å². The van der Waals surface area contributed by atoms with Crippen molar-refractivity contribution >= 4 is 39.2 Å². The van der Waals surface area contributed by atoms with Crippen LogP contribution in [0.2, 0.25) is 72.5 Å². The maximum Gasteiger partial charge on any atom is 0.332 e. The third kappa shape index (κ3) is 8.50. The van der Waals surface area contributed by atoms with Gasteiger partial charge in [0.05, 0.1) is 0 Å². The van der Waals surface area contributed by atoms with Crippen LogP contribution in [-0.2, 0) is 4.43 Å². The molecule has 0 aromatic heterocycles. The third-order valence-corrected chi connectivity index (χ3v) is 27.3. The molecule has 0 aliphatic rings. The number of benzene rings is 1. The summed E-state index contributed by atoms with van der Waals surface area (Å²) in [6.07, 6.45) is 0. The summed E-state index contributed by atoms with van der Waals surface area (Å²) >= 11 is 0. The van der Waals surface area contributed by atoms with Crippen LogP contribution in [0.4, 0.5) is 0 Å². The van der Waals surface area contributed by atoms with E-state index >= 15 is 0 Å². The molecule has 1 rings (SSSR count). The van der Waals surface area contributed by atoms with Gasteiger partial charge in [-0.1, -0.05) is 83.1 Å². The SMILES string of the molecule is CC(C)(C)[Si](C)(C)OC(=O)c1c(O[Si](C)(C)C(C)(C)C)cc(O[Si](C)(C)C(C)(C)C)cc1O[Si](C)(C)C(C)(C)C. The van der Waals surface area contributed by atoms with Gasteiger partial charge in [-0.3, -0.25) is 0 Å². The van der Waals surface area contributed by atoms with Crippen molar-refractivity contribution in [1.29, 1.82) is 0 Å². The Bertz CT molecular complexity index is 1010. The molecule has 232 valence electrons. The second-order valence-corrected chi connectivity index (χ2v) is 36.4. The van der Waals surface area contributed by atoms with Crippen LogP contribution < -0.4 is 13.3 Å². The molecular formula is C31H62O5Si4. The van der Waals surface area contributed by atoms with Crippen molar-refractivity contribution in [1.82, 2.24) is 0 Å². The minimum atomic E-state index is -2.43. The van der Waals surface area contributed by atoms with E-state index in [0.717, 1.165) is 0 Å². The molecule has 9 heteroatoms. The Morgan fingerprint density at radius 3 is 1.05 bits per heavy atom. The van der Waals surface area contributed by atoms with E-state index in [1.165, 1.54) is 0 Å². The summed E-state index contributed by atoms with van der Waals surface area (Å²) in [6.45, 7) is 43.8. The average molecular weight is 627 g/mol. The number of rotatable bonds is 8. The van der Waals surface area contributed by atoms with E-state index in [4.69, 9.17) is 17.7 Å². The lowest BCUT2D eigenvalue weighted by molar-refractivity contribution is 0.0708. The van der Waals surface area contributed by atoms with E-state index in [1.54, 1.807) is 0 Å². The van der Waals surface area contributed by atoms with Crippen LogP contribution in [0.5, 0.6) is 17.2 Å². The monoisotopic (exact) mass is 626 g/mol. The van der Waals surface area contributed by atoms with Gasteiger partial charge in [-0.15, -0.1) is 0 Å². The van der Waals surface area contributed by atoms with Gasteiger partial charge >= 0.3 is 5.97 Å². The summed E-state index contributed by atoms with van der Waals surface area (Å²) < 4.78 is 27.1. The Morgan fingerprint density at radius 2 is 0.775 bits per heavy atom. The molecule has 0 heterocycles. The highest BCUT2D eigenvalue weighted by molar-refractivity contribution is 6.76. The molecule has 0 amide bonds. The Labute approximate surface area is 251 Å². The Morgan fingerprint density at radius 1 is 0.500 bits per heavy atom. The Balaban J connectivity index is 4.09. The van der Waals surface area contributed by atoms with Crippen molar-refractivity contribution in [3.05, 3.63) is 17.7 Å². The second kappa shape index (κ2) is 11.2. The summed E-state index contributed by atoms with van der Waals surface area (Å²) in [6, 6.07) is 3.84. The van der Waals surface area contributed by atoms with Gasteiger partial charge in [0.25, 0.3) is 25.0 Å². The lowest BCUT2D eigenvalue weighted by atomic mass is 10.1. The molecule has 0 spiro atoms. The lowest BCUT2D eigenvalue weighted by Gasteiger charge is -2.41. The average Bonchev–Trinajstić information content (AvgIpc) is 2.62. The molecule has 0 fully saturated rings. The van der Waals surface area contributed by atoms with E-state index in [0.29, 0.717) is 22.8 Å². The predicted octanol–water partition coefficient (Wildman–Crippen LogP) is 11.0. The lowest BCUT2D eigenvalue weighted by Crippen LogP contribution is -2.46. The molecule has 0 aliphatic carbocycles. The summed E-state index contributed by atoms with van der Waals surface area (Å²) in [5.74, 6) is 1.35. The van der Waals surface area contributed by atoms with Gasteiger partial charge in [0.2, 0.25) is 8.32 Å². The normalized spacial score (nSPS) is 14.6. The van der Waals surface area contributed by atoms with Crippen molar-refractivity contribution < 1.29 is 22.5 Å². The zero-order chi connectivity index (χ0) is 32.1. The van der Waals surface area contributed by atoms with Gasteiger partial charge < -0.3 is 17.7 Å². The third-order valence-electron chi connectivity index (χ3n) is 9.92. The fourth-order valence-electron chi connectivity index (χ4n) is 2.73. The van der Waals surface area contributed by atoms with Crippen LogP contribution in [0.3, 0.4) is 0 Å². The van der Waals surface area contributed by atoms with Crippen molar-refractivity contribution in [2.75, 3.05) is 0 Å². The molecule has 0 unspecified atom stereocenters. The van der Waals surface area contributed by atoms with Crippen LogP contribution in [0.25, 0.3) is 0 Å². The largest absolute Gasteiger partial charge is 0.543 e. The van der Waals surface area contributed by atoms with E-state index in [-0.39, 0.29) is 26.1 Å². The van der Waals surface area contributed by atoms with Gasteiger partial charge in [0, 0.05) is 12.1 Å². The summed E-state index contributed by atoms with van der Waals surface area (Å²) in [5, 5.41) is -0.252. The first-order chi connectivity index (χ1) is 17.3. The Kier molecular flexibility index (Phi) is 10.4. The van der Waals surface area contributed by atoms with Crippen molar-refractivity contribution in [2.24, 2.45) is 0 Å². The van der Waals surface area contributed by atoms with Crippen LogP contribution in [0.1, 0.15) is 93.4 Å². The standard InChI is InChI=1S/C31H62O5Si4/c1-28(2,3)37(13,14)33-23-21-24(34-38(15,16)29(4,5)6)26(27(32)36-40(19,20)31(10,11)12)25(22-23)35-39(17,18)30(7,8)9/h21-22H,1-20H3. The number of carbonyl (C=O) groups is 1. The van der Waals surface area contributed by atoms with Gasteiger partial charge in [-0.25, -0.2) is 4.79 Å². The second-order valence-electron chi connectivity index (χ2n) is 17.5. The number of hydrogen-bond acceptors (Lipinski definition) is 5. The first-order valence-electron chi connectivity index (χ1n) is 14.7. The first kappa shape index (κ1) is 37.0. The molecule has 0 radical (unpaired) electrons. The zero-order valence-electron chi connectivity index (χ0n) is 29.7. The number of hydrogen-bond donors (Lipinski definition) is 0. The van der Waals surface area contributed by atoms with Crippen molar-refractivity contribution in [3.8, 4) is 17.2 Å². The van der Waals surface area contributed by atoms with E-state index in [1.807, 2.05) is 12.1 Å². The maximum atomic E-state index is 14.2. The highest BCUT2D eigenvalue weighted by Gasteiger charge is 2.46. The summed E-state index contributed by atoms with van der Waals surface area (Å²) in [5.41, 5.74) is 0.391. The summed E-state index contributed by atoms with van der Waals surface area (Å²) in [4.78, 5) is 14.2. The van der Waals surface area contributed by atoms with Crippen LogP contribution in [0, 0.1) is 0 Å². The highest BCUT2D eigenvalue weighted by Crippen LogP contribution is 2.47.